The van der Waals surface area contributed by atoms with Crippen LogP contribution >= 0.6 is 27.7 Å². The molecule has 7 heteroatoms. The molecule has 1 amide bonds. The summed E-state index contributed by atoms with van der Waals surface area (Å²) in [5, 5.41) is 7.70. The lowest BCUT2D eigenvalue weighted by Crippen LogP contribution is -2.28. The van der Waals surface area contributed by atoms with Crippen molar-refractivity contribution in [2.24, 2.45) is 5.10 Å². The number of rotatable bonds is 8. The third-order valence-corrected chi connectivity index (χ3v) is 7.97. The number of aryl methyl sites for hydroxylation is 1. The van der Waals surface area contributed by atoms with E-state index < -0.39 is 0 Å². The van der Waals surface area contributed by atoms with Crippen LogP contribution in [0.5, 0.6) is 5.75 Å². The molecule has 0 fully saturated rings. The molecule has 0 N–H and O–H groups in total. The molecule has 5 rings (SSSR count). The van der Waals surface area contributed by atoms with E-state index in [0.717, 1.165) is 44.9 Å². The number of nitrogens with zero attached hydrogens (tertiary/aromatic N) is 3. The minimum absolute atomic E-state index is 0.000234. The lowest BCUT2D eigenvalue weighted by atomic mass is 9.98. The summed E-state index contributed by atoms with van der Waals surface area (Å²) in [5.41, 5.74) is 4.20. The molecule has 1 aliphatic rings. The number of methoxy groups -OCH3 is 1. The van der Waals surface area contributed by atoms with E-state index in [1.54, 1.807) is 23.9 Å². The highest BCUT2D eigenvalue weighted by molar-refractivity contribution is 9.10. The Morgan fingerprint density at radius 2 is 1.83 bits per heavy atom. The molecule has 2 heterocycles. The molecule has 184 valence electrons. The van der Waals surface area contributed by atoms with Gasteiger partial charge in [0.1, 0.15) is 5.75 Å². The maximum Gasteiger partial charge on any atom is 0.253 e. The number of halogens is 1. The molecular weight excluding hydrogens is 534 g/mol. The SMILES string of the molecule is CCCn1cc(SCC(=O)N2N=C(c3ccc(Br)cc3)C[C@@H]2c2ccc(OC)cc2)c2ccccc21. The van der Waals surface area contributed by atoms with Crippen LogP contribution in [0.3, 0.4) is 0 Å². The Bertz CT molecular complexity index is 1400. The first-order valence-corrected chi connectivity index (χ1v) is 13.9. The van der Waals surface area contributed by atoms with Crippen LogP contribution in [-0.4, -0.2) is 34.1 Å². The first kappa shape index (κ1) is 24.7. The van der Waals surface area contributed by atoms with Gasteiger partial charge in [-0.05, 0) is 47.9 Å². The van der Waals surface area contributed by atoms with E-state index in [0.29, 0.717) is 12.2 Å². The molecule has 1 atom stereocenters. The Morgan fingerprint density at radius 3 is 2.56 bits per heavy atom. The van der Waals surface area contributed by atoms with Gasteiger partial charge in [0.2, 0.25) is 0 Å². The van der Waals surface area contributed by atoms with Crippen molar-refractivity contribution in [3.05, 3.63) is 94.6 Å². The highest BCUT2D eigenvalue weighted by Gasteiger charge is 2.33. The first-order valence-electron chi connectivity index (χ1n) is 12.1. The largest absolute Gasteiger partial charge is 0.497 e. The molecule has 0 aliphatic carbocycles. The number of hydrazone groups is 1. The standard InChI is InChI=1S/C29H28BrN3O2S/c1-3-16-32-18-28(24-6-4-5-7-26(24)32)36-19-29(34)33-27(21-10-14-23(35-2)15-11-21)17-25(31-33)20-8-12-22(30)13-9-20/h4-15,18,27H,3,16-17,19H2,1-2H3/t27-/m1/s1. The van der Waals surface area contributed by atoms with Crippen LogP contribution < -0.4 is 4.74 Å². The average molecular weight is 563 g/mol. The molecule has 5 nitrogen and oxygen atoms in total. The summed E-state index contributed by atoms with van der Waals surface area (Å²) < 4.78 is 8.63. The van der Waals surface area contributed by atoms with Crippen LogP contribution in [0.15, 0.2) is 93.5 Å². The second kappa shape index (κ2) is 10.9. The van der Waals surface area contributed by atoms with Crippen molar-refractivity contribution < 1.29 is 9.53 Å². The van der Waals surface area contributed by atoms with Gasteiger partial charge in [-0.2, -0.15) is 5.10 Å². The fraction of sp³-hybridized carbons (Fsp3) is 0.241. The Hall–Kier alpha value is -3.03. The summed E-state index contributed by atoms with van der Waals surface area (Å²) in [7, 11) is 1.66. The first-order chi connectivity index (χ1) is 17.6. The number of para-hydroxylation sites is 1. The number of fused-ring (bicyclic) bond motifs is 1. The normalized spacial score (nSPS) is 15.4. The van der Waals surface area contributed by atoms with Gasteiger partial charge in [-0.3, -0.25) is 4.79 Å². The zero-order valence-corrected chi connectivity index (χ0v) is 22.8. The van der Waals surface area contributed by atoms with Gasteiger partial charge in [0.05, 0.1) is 24.6 Å². The van der Waals surface area contributed by atoms with Crippen molar-refractivity contribution in [3.8, 4) is 5.75 Å². The number of hydrogen-bond donors (Lipinski definition) is 0. The minimum atomic E-state index is -0.149. The second-order valence-corrected chi connectivity index (χ2v) is 10.7. The van der Waals surface area contributed by atoms with Crippen LogP contribution in [0.4, 0.5) is 0 Å². The molecule has 0 bridgehead atoms. The van der Waals surface area contributed by atoms with Crippen LogP contribution in [-0.2, 0) is 11.3 Å². The lowest BCUT2D eigenvalue weighted by Gasteiger charge is -2.22. The van der Waals surface area contributed by atoms with Crippen molar-refractivity contribution in [1.82, 2.24) is 9.58 Å². The van der Waals surface area contributed by atoms with Gasteiger partial charge in [-0.25, -0.2) is 5.01 Å². The number of aromatic nitrogens is 1. The smallest absolute Gasteiger partial charge is 0.253 e. The van der Waals surface area contributed by atoms with Crippen molar-refractivity contribution in [2.45, 2.75) is 37.2 Å². The highest BCUT2D eigenvalue weighted by atomic mass is 79.9. The summed E-state index contributed by atoms with van der Waals surface area (Å²) in [6, 6.07) is 24.3. The number of amides is 1. The van der Waals surface area contributed by atoms with E-state index in [4.69, 9.17) is 9.84 Å². The molecule has 4 aromatic rings. The van der Waals surface area contributed by atoms with Crippen LogP contribution in [0.25, 0.3) is 10.9 Å². The van der Waals surface area contributed by atoms with E-state index >= 15 is 0 Å². The summed E-state index contributed by atoms with van der Waals surface area (Å²) in [6.07, 6.45) is 3.90. The number of thioether (sulfide) groups is 1. The number of hydrogen-bond acceptors (Lipinski definition) is 4. The van der Waals surface area contributed by atoms with Gasteiger partial charge < -0.3 is 9.30 Å². The maximum atomic E-state index is 13.6. The zero-order valence-electron chi connectivity index (χ0n) is 20.4. The maximum absolute atomic E-state index is 13.6. The molecule has 36 heavy (non-hydrogen) atoms. The van der Waals surface area contributed by atoms with E-state index in [-0.39, 0.29) is 11.9 Å². The molecule has 1 aromatic heterocycles. The van der Waals surface area contributed by atoms with Gasteiger partial charge in [0.25, 0.3) is 5.91 Å². The van der Waals surface area contributed by atoms with E-state index in [2.05, 4.69) is 57.9 Å². The quantitative estimate of drug-likeness (QED) is 0.212. The van der Waals surface area contributed by atoms with Crippen LogP contribution in [0.2, 0.25) is 0 Å². The van der Waals surface area contributed by atoms with E-state index in [1.807, 2.05) is 48.5 Å². The van der Waals surface area contributed by atoms with Crippen molar-refractivity contribution in [2.75, 3.05) is 12.9 Å². The zero-order chi connectivity index (χ0) is 25.1. The van der Waals surface area contributed by atoms with Crippen molar-refractivity contribution >= 4 is 50.2 Å². The van der Waals surface area contributed by atoms with Crippen molar-refractivity contribution in [3.63, 3.8) is 0 Å². The predicted molar refractivity (Wildman–Crippen MR) is 151 cm³/mol. The molecule has 0 unspecified atom stereocenters. The Kier molecular flexibility index (Phi) is 7.48. The topological polar surface area (TPSA) is 46.8 Å². The summed E-state index contributed by atoms with van der Waals surface area (Å²) in [4.78, 5) is 14.7. The molecule has 0 saturated heterocycles. The van der Waals surface area contributed by atoms with Crippen LogP contribution in [0.1, 0.15) is 36.9 Å². The Labute approximate surface area is 224 Å². The van der Waals surface area contributed by atoms with Gasteiger partial charge >= 0.3 is 0 Å². The summed E-state index contributed by atoms with van der Waals surface area (Å²) >= 11 is 5.09. The lowest BCUT2D eigenvalue weighted by molar-refractivity contribution is -0.130. The number of benzene rings is 3. The summed E-state index contributed by atoms with van der Waals surface area (Å²) in [5.74, 6) is 1.12. The fourth-order valence-electron chi connectivity index (χ4n) is 4.60. The third kappa shape index (κ3) is 5.08. The van der Waals surface area contributed by atoms with Crippen LogP contribution in [0, 0.1) is 0 Å². The second-order valence-electron chi connectivity index (χ2n) is 8.78. The number of ether oxygens (including phenoxy) is 1. The van der Waals surface area contributed by atoms with Gasteiger partial charge in [0, 0.05) is 39.4 Å². The van der Waals surface area contributed by atoms with Gasteiger partial charge in [0.15, 0.2) is 0 Å². The molecule has 3 aromatic carbocycles. The van der Waals surface area contributed by atoms with E-state index in [1.165, 1.54) is 10.9 Å². The number of carbonyl (C=O) groups excluding carboxylic acids is 1. The molecular formula is C29H28BrN3O2S. The summed E-state index contributed by atoms with van der Waals surface area (Å²) in [6.45, 7) is 3.14. The van der Waals surface area contributed by atoms with E-state index in [9.17, 15) is 4.79 Å². The fourth-order valence-corrected chi connectivity index (χ4v) is 5.81. The Balaban J connectivity index is 1.41. The number of carbonyl (C=O) groups is 1. The molecule has 0 saturated carbocycles. The Morgan fingerprint density at radius 1 is 1.08 bits per heavy atom. The minimum Gasteiger partial charge on any atom is -0.497 e. The monoisotopic (exact) mass is 561 g/mol. The highest BCUT2D eigenvalue weighted by Crippen LogP contribution is 2.36. The third-order valence-electron chi connectivity index (χ3n) is 6.41. The van der Waals surface area contributed by atoms with Crippen molar-refractivity contribution in [1.29, 1.82) is 0 Å². The van der Waals surface area contributed by atoms with Gasteiger partial charge in [-0.1, -0.05) is 65.3 Å². The average Bonchev–Trinajstić information content (AvgIpc) is 3.51. The van der Waals surface area contributed by atoms with Gasteiger partial charge in [-0.15, -0.1) is 11.8 Å². The molecule has 0 radical (unpaired) electrons. The predicted octanol–water partition coefficient (Wildman–Crippen LogP) is 7.29. The molecule has 1 aliphatic heterocycles. The molecule has 0 spiro atoms.